The largest absolute Gasteiger partial charge is 0.496 e. The average molecular weight is 277 g/mol. The van der Waals surface area contributed by atoms with E-state index in [9.17, 15) is 9.90 Å². The first-order valence-electron chi connectivity index (χ1n) is 7.24. The fraction of sp³-hybridized carbons (Fsp3) is 0.562. The molecule has 1 aromatic rings. The molecule has 0 atom stereocenters. The lowest BCUT2D eigenvalue weighted by atomic mass is 9.85. The monoisotopic (exact) mass is 277 g/mol. The number of carbonyl (C=O) groups excluding carboxylic acids is 1. The van der Waals surface area contributed by atoms with E-state index in [1.54, 1.807) is 7.11 Å². The van der Waals surface area contributed by atoms with Crippen molar-refractivity contribution in [1.29, 1.82) is 0 Å². The van der Waals surface area contributed by atoms with E-state index in [2.05, 4.69) is 5.32 Å². The first kappa shape index (κ1) is 14.9. The van der Waals surface area contributed by atoms with Gasteiger partial charge >= 0.3 is 0 Å². The lowest BCUT2D eigenvalue weighted by Crippen LogP contribution is -2.44. The molecule has 0 bridgehead atoms. The van der Waals surface area contributed by atoms with Crippen molar-refractivity contribution in [3.63, 3.8) is 0 Å². The molecule has 0 unspecified atom stereocenters. The van der Waals surface area contributed by atoms with Crippen molar-refractivity contribution in [1.82, 2.24) is 5.32 Å². The van der Waals surface area contributed by atoms with E-state index in [4.69, 9.17) is 4.74 Å². The van der Waals surface area contributed by atoms with Gasteiger partial charge in [-0.1, -0.05) is 37.5 Å². The summed E-state index contributed by atoms with van der Waals surface area (Å²) in [5.74, 6) is 0.646. The van der Waals surface area contributed by atoms with Crippen LogP contribution in [0.1, 0.15) is 37.7 Å². The molecule has 4 heteroatoms. The van der Waals surface area contributed by atoms with E-state index in [0.717, 1.165) is 37.0 Å². The molecule has 1 aromatic carbocycles. The van der Waals surface area contributed by atoms with E-state index >= 15 is 0 Å². The fourth-order valence-electron chi connectivity index (χ4n) is 2.73. The van der Waals surface area contributed by atoms with Crippen LogP contribution < -0.4 is 10.1 Å². The second-order valence-electron chi connectivity index (χ2n) is 5.55. The molecule has 0 heterocycles. The number of nitrogens with one attached hydrogen (secondary N) is 1. The van der Waals surface area contributed by atoms with Crippen molar-refractivity contribution in [3.8, 4) is 5.75 Å². The van der Waals surface area contributed by atoms with Crippen molar-refractivity contribution in [3.05, 3.63) is 29.8 Å². The zero-order valence-electron chi connectivity index (χ0n) is 12.0. The summed E-state index contributed by atoms with van der Waals surface area (Å²) in [4.78, 5) is 12.0. The minimum absolute atomic E-state index is 0.0755. The van der Waals surface area contributed by atoms with Crippen LogP contribution in [0, 0.1) is 0 Å². The van der Waals surface area contributed by atoms with Gasteiger partial charge in [0.25, 0.3) is 0 Å². The zero-order chi connectivity index (χ0) is 14.4. The molecule has 0 spiro atoms. The number of amides is 1. The molecule has 0 saturated heterocycles. The number of hydrogen-bond acceptors (Lipinski definition) is 3. The smallest absolute Gasteiger partial charge is 0.224 e. The van der Waals surface area contributed by atoms with Crippen LogP contribution in [-0.4, -0.2) is 30.3 Å². The van der Waals surface area contributed by atoms with Gasteiger partial charge in [-0.25, -0.2) is 0 Å². The summed E-state index contributed by atoms with van der Waals surface area (Å²) in [6, 6.07) is 7.50. The quantitative estimate of drug-likeness (QED) is 0.866. The highest BCUT2D eigenvalue weighted by Gasteiger charge is 2.29. The number of methoxy groups -OCH3 is 1. The van der Waals surface area contributed by atoms with E-state index < -0.39 is 5.60 Å². The third kappa shape index (κ3) is 3.97. The molecule has 0 radical (unpaired) electrons. The first-order chi connectivity index (χ1) is 9.63. The molecule has 1 aliphatic rings. The van der Waals surface area contributed by atoms with Gasteiger partial charge in [-0.2, -0.15) is 0 Å². The van der Waals surface area contributed by atoms with Gasteiger partial charge < -0.3 is 15.2 Å². The predicted octanol–water partition coefficient (Wildman–Crippen LogP) is 2.05. The normalized spacial score (nSPS) is 17.5. The van der Waals surface area contributed by atoms with Gasteiger partial charge in [0.1, 0.15) is 5.75 Å². The third-order valence-electron chi connectivity index (χ3n) is 3.94. The lowest BCUT2D eigenvalue weighted by molar-refractivity contribution is -0.122. The van der Waals surface area contributed by atoms with Crippen LogP contribution in [-0.2, 0) is 11.2 Å². The van der Waals surface area contributed by atoms with Gasteiger partial charge in [0.2, 0.25) is 5.91 Å². The van der Waals surface area contributed by atoms with E-state index in [1.807, 2.05) is 24.3 Å². The van der Waals surface area contributed by atoms with Gasteiger partial charge in [-0.05, 0) is 18.9 Å². The van der Waals surface area contributed by atoms with Crippen LogP contribution in [0.2, 0.25) is 0 Å². The predicted molar refractivity (Wildman–Crippen MR) is 77.7 cm³/mol. The van der Waals surface area contributed by atoms with Crippen molar-refractivity contribution in [2.24, 2.45) is 0 Å². The van der Waals surface area contributed by atoms with Crippen LogP contribution in [0.5, 0.6) is 5.75 Å². The summed E-state index contributed by atoms with van der Waals surface area (Å²) in [6.07, 6.45) is 5.10. The minimum atomic E-state index is -0.714. The number of ether oxygens (including phenoxy) is 1. The Morgan fingerprint density at radius 3 is 2.70 bits per heavy atom. The Hall–Kier alpha value is -1.55. The number of rotatable bonds is 5. The Labute approximate surface area is 120 Å². The van der Waals surface area contributed by atoms with Crippen molar-refractivity contribution in [2.45, 2.75) is 44.1 Å². The molecule has 4 nitrogen and oxygen atoms in total. The number of aliphatic hydroxyl groups is 1. The number of benzene rings is 1. The molecule has 1 aliphatic carbocycles. The maximum atomic E-state index is 12.0. The number of carbonyl (C=O) groups is 1. The van der Waals surface area contributed by atoms with E-state index in [0.29, 0.717) is 6.54 Å². The average Bonchev–Trinajstić information content (AvgIpc) is 2.47. The maximum absolute atomic E-state index is 12.0. The fourth-order valence-corrected chi connectivity index (χ4v) is 2.73. The molecule has 2 rings (SSSR count). The molecule has 0 aliphatic heterocycles. The molecule has 1 fully saturated rings. The highest BCUT2D eigenvalue weighted by molar-refractivity contribution is 5.79. The molecular formula is C16H23NO3. The van der Waals surface area contributed by atoms with Gasteiger partial charge in [0.15, 0.2) is 0 Å². The maximum Gasteiger partial charge on any atom is 0.224 e. The molecule has 110 valence electrons. The van der Waals surface area contributed by atoms with Crippen LogP contribution in [0.25, 0.3) is 0 Å². The van der Waals surface area contributed by atoms with E-state index in [1.165, 1.54) is 6.42 Å². The molecular weight excluding hydrogens is 254 g/mol. The summed E-state index contributed by atoms with van der Waals surface area (Å²) in [5.41, 5.74) is 0.150. The third-order valence-corrected chi connectivity index (χ3v) is 3.94. The minimum Gasteiger partial charge on any atom is -0.496 e. The summed E-state index contributed by atoms with van der Waals surface area (Å²) in [6.45, 7) is 0.348. The summed E-state index contributed by atoms with van der Waals surface area (Å²) < 4.78 is 5.23. The van der Waals surface area contributed by atoms with Crippen molar-refractivity contribution in [2.75, 3.05) is 13.7 Å². The van der Waals surface area contributed by atoms with Gasteiger partial charge in [-0.15, -0.1) is 0 Å². The van der Waals surface area contributed by atoms with Crippen LogP contribution in [0.3, 0.4) is 0 Å². The summed E-state index contributed by atoms with van der Waals surface area (Å²) in [5, 5.41) is 13.2. The Balaban J connectivity index is 1.86. The van der Waals surface area contributed by atoms with Crippen LogP contribution in [0.15, 0.2) is 24.3 Å². The SMILES string of the molecule is COc1ccccc1CC(=O)NCC1(O)CCCCC1. The van der Waals surface area contributed by atoms with Crippen molar-refractivity contribution >= 4 is 5.91 Å². The number of para-hydroxylation sites is 1. The summed E-state index contributed by atoms with van der Waals surface area (Å²) in [7, 11) is 1.60. The zero-order valence-corrected chi connectivity index (χ0v) is 12.0. The second-order valence-corrected chi connectivity index (χ2v) is 5.55. The van der Waals surface area contributed by atoms with Crippen molar-refractivity contribution < 1.29 is 14.6 Å². The summed E-state index contributed by atoms with van der Waals surface area (Å²) >= 11 is 0. The highest BCUT2D eigenvalue weighted by Crippen LogP contribution is 2.27. The van der Waals surface area contributed by atoms with Crippen LogP contribution >= 0.6 is 0 Å². The molecule has 1 saturated carbocycles. The standard InChI is InChI=1S/C16H23NO3/c1-20-14-8-4-3-7-13(14)11-15(18)17-12-16(19)9-5-2-6-10-16/h3-4,7-8,19H,2,5-6,9-12H2,1H3,(H,17,18). The Morgan fingerprint density at radius 1 is 1.30 bits per heavy atom. The first-order valence-corrected chi connectivity index (χ1v) is 7.24. The Morgan fingerprint density at radius 2 is 2.00 bits per heavy atom. The molecule has 2 N–H and O–H groups in total. The van der Waals surface area contributed by atoms with E-state index in [-0.39, 0.29) is 12.3 Å². The molecule has 20 heavy (non-hydrogen) atoms. The second kappa shape index (κ2) is 6.75. The molecule has 0 aromatic heterocycles. The topological polar surface area (TPSA) is 58.6 Å². The molecule has 1 amide bonds. The lowest BCUT2D eigenvalue weighted by Gasteiger charge is -2.32. The highest BCUT2D eigenvalue weighted by atomic mass is 16.5. The Bertz CT molecular complexity index is 453. The van der Waals surface area contributed by atoms with Gasteiger partial charge in [-0.3, -0.25) is 4.79 Å². The Kier molecular flexibility index (Phi) is 5.01. The number of hydrogen-bond donors (Lipinski definition) is 2. The van der Waals surface area contributed by atoms with Gasteiger partial charge in [0.05, 0.1) is 19.1 Å². The van der Waals surface area contributed by atoms with Gasteiger partial charge in [0, 0.05) is 12.1 Å². The van der Waals surface area contributed by atoms with Crippen LogP contribution in [0.4, 0.5) is 0 Å².